The minimum absolute atomic E-state index is 0.00156. The number of nitrogens with zero attached hydrogens (tertiary/aromatic N) is 3. The summed E-state index contributed by atoms with van der Waals surface area (Å²) in [6.07, 6.45) is 9.02. The second-order valence-electron chi connectivity index (χ2n) is 8.94. The SMILES string of the molecule is O=C(c1ccco1)N1CCN(c2cccc3c2C(=O)N(C2CCCCCCC2)C3=O)CC1. The van der Waals surface area contributed by atoms with E-state index in [0.29, 0.717) is 43.1 Å². The van der Waals surface area contributed by atoms with Crippen LogP contribution in [0, 0.1) is 0 Å². The molecule has 3 heterocycles. The van der Waals surface area contributed by atoms with Gasteiger partial charge in [0.05, 0.1) is 23.1 Å². The number of anilines is 1. The first-order valence-corrected chi connectivity index (χ1v) is 11.7. The standard InChI is InChI=1S/C25H29N3O4/c29-23-19-10-6-11-20(22(19)25(31)28(23)18-8-4-2-1-3-5-9-18)26-13-15-27(16-14-26)24(30)21-12-7-17-32-21/h6-7,10-12,17-18H,1-5,8-9,13-16H2. The van der Waals surface area contributed by atoms with E-state index in [0.717, 1.165) is 31.4 Å². The van der Waals surface area contributed by atoms with Crippen LogP contribution in [0.1, 0.15) is 76.2 Å². The number of carbonyl (C=O) groups is 3. The van der Waals surface area contributed by atoms with E-state index < -0.39 is 0 Å². The van der Waals surface area contributed by atoms with Crippen molar-refractivity contribution in [2.24, 2.45) is 0 Å². The summed E-state index contributed by atoms with van der Waals surface area (Å²) >= 11 is 0. The summed E-state index contributed by atoms with van der Waals surface area (Å²) in [7, 11) is 0. The van der Waals surface area contributed by atoms with Crippen LogP contribution in [-0.2, 0) is 0 Å². The Labute approximate surface area is 188 Å². The number of carbonyl (C=O) groups excluding carboxylic acids is 3. The molecular formula is C25H29N3O4. The average Bonchev–Trinajstić information content (AvgIpc) is 3.42. The predicted octanol–water partition coefficient (Wildman–Crippen LogP) is 3.95. The van der Waals surface area contributed by atoms with Crippen molar-refractivity contribution in [1.82, 2.24) is 9.80 Å². The predicted molar refractivity (Wildman–Crippen MR) is 120 cm³/mol. The Balaban J connectivity index is 1.34. The fraction of sp³-hybridized carbons (Fsp3) is 0.480. The molecule has 0 N–H and O–H groups in total. The van der Waals surface area contributed by atoms with Gasteiger partial charge in [-0.15, -0.1) is 0 Å². The summed E-state index contributed by atoms with van der Waals surface area (Å²) in [5.41, 5.74) is 1.85. The van der Waals surface area contributed by atoms with Gasteiger partial charge in [-0.25, -0.2) is 0 Å². The summed E-state index contributed by atoms with van der Waals surface area (Å²) in [6.45, 7) is 2.29. The van der Waals surface area contributed by atoms with Crippen molar-refractivity contribution >= 4 is 23.4 Å². The van der Waals surface area contributed by atoms with Crippen molar-refractivity contribution in [2.45, 2.75) is 51.0 Å². The Kier molecular flexibility index (Phi) is 5.72. The van der Waals surface area contributed by atoms with Gasteiger partial charge in [0, 0.05) is 32.2 Å². The molecular weight excluding hydrogens is 406 g/mol. The molecule has 1 aromatic carbocycles. The largest absolute Gasteiger partial charge is 0.459 e. The maximum atomic E-state index is 13.5. The van der Waals surface area contributed by atoms with Gasteiger partial charge in [0.15, 0.2) is 5.76 Å². The molecule has 2 aromatic rings. The van der Waals surface area contributed by atoms with Crippen LogP contribution < -0.4 is 4.90 Å². The molecule has 0 unspecified atom stereocenters. The zero-order valence-corrected chi connectivity index (χ0v) is 18.3. The zero-order chi connectivity index (χ0) is 22.1. The Bertz CT molecular complexity index is 1000. The number of amides is 3. The molecule has 1 saturated carbocycles. The van der Waals surface area contributed by atoms with E-state index in [1.165, 1.54) is 30.4 Å². The Morgan fingerprint density at radius 1 is 0.844 bits per heavy atom. The monoisotopic (exact) mass is 435 g/mol. The number of imide groups is 1. The van der Waals surface area contributed by atoms with Gasteiger partial charge in [0.25, 0.3) is 17.7 Å². The van der Waals surface area contributed by atoms with Gasteiger partial charge in [0.1, 0.15) is 0 Å². The fourth-order valence-corrected chi connectivity index (χ4v) is 5.28. The van der Waals surface area contributed by atoms with E-state index >= 15 is 0 Å². The van der Waals surface area contributed by atoms with Crippen molar-refractivity contribution < 1.29 is 18.8 Å². The summed E-state index contributed by atoms with van der Waals surface area (Å²) in [5, 5.41) is 0. The lowest BCUT2D eigenvalue weighted by molar-refractivity contribution is 0.0558. The number of rotatable bonds is 3. The van der Waals surface area contributed by atoms with E-state index in [2.05, 4.69) is 4.90 Å². The Morgan fingerprint density at radius 3 is 2.25 bits per heavy atom. The smallest absolute Gasteiger partial charge is 0.289 e. The number of piperazine rings is 1. The molecule has 0 bridgehead atoms. The first kappa shape index (κ1) is 20.8. The van der Waals surface area contributed by atoms with E-state index in [9.17, 15) is 14.4 Å². The third kappa shape index (κ3) is 3.70. The molecule has 7 nitrogen and oxygen atoms in total. The molecule has 3 amide bonds. The van der Waals surface area contributed by atoms with Crippen molar-refractivity contribution in [3.8, 4) is 0 Å². The second kappa shape index (κ2) is 8.81. The number of furan rings is 1. The van der Waals surface area contributed by atoms with Crippen molar-refractivity contribution in [3.05, 3.63) is 53.5 Å². The van der Waals surface area contributed by atoms with Crippen LogP contribution in [0.4, 0.5) is 5.69 Å². The maximum Gasteiger partial charge on any atom is 0.289 e. The van der Waals surface area contributed by atoms with Gasteiger partial charge >= 0.3 is 0 Å². The van der Waals surface area contributed by atoms with Crippen LogP contribution in [0.5, 0.6) is 0 Å². The second-order valence-corrected chi connectivity index (χ2v) is 8.94. The van der Waals surface area contributed by atoms with Crippen LogP contribution in [0.2, 0.25) is 0 Å². The minimum Gasteiger partial charge on any atom is -0.459 e. The van der Waals surface area contributed by atoms with Gasteiger partial charge in [-0.3, -0.25) is 19.3 Å². The van der Waals surface area contributed by atoms with Crippen LogP contribution >= 0.6 is 0 Å². The number of benzene rings is 1. The molecule has 3 aliphatic rings. The lowest BCUT2D eigenvalue weighted by Crippen LogP contribution is -2.49. The molecule has 0 radical (unpaired) electrons. The van der Waals surface area contributed by atoms with Gasteiger partial charge in [0.2, 0.25) is 0 Å². The van der Waals surface area contributed by atoms with Gasteiger partial charge in [-0.1, -0.05) is 38.2 Å². The molecule has 0 atom stereocenters. The normalized spacial score (nSPS) is 20.3. The number of fused-ring (bicyclic) bond motifs is 1. The molecule has 2 fully saturated rings. The van der Waals surface area contributed by atoms with E-state index in [1.807, 2.05) is 12.1 Å². The summed E-state index contributed by atoms with van der Waals surface area (Å²) in [4.78, 5) is 44.7. The van der Waals surface area contributed by atoms with Crippen LogP contribution in [0.15, 0.2) is 41.0 Å². The van der Waals surface area contributed by atoms with Crippen LogP contribution in [0.3, 0.4) is 0 Å². The van der Waals surface area contributed by atoms with E-state index in [4.69, 9.17) is 4.42 Å². The summed E-state index contributed by atoms with van der Waals surface area (Å²) in [5.74, 6) is -0.0753. The molecule has 0 spiro atoms. The molecule has 5 rings (SSSR count). The van der Waals surface area contributed by atoms with E-state index in [1.54, 1.807) is 23.1 Å². The third-order valence-electron chi connectivity index (χ3n) is 7.00. The molecule has 32 heavy (non-hydrogen) atoms. The van der Waals surface area contributed by atoms with Crippen molar-refractivity contribution in [3.63, 3.8) is 0 Å². The topological polar surface area (TPSA) is 74.1 Å². The Morgan fingerprint density at radius 2 is 1.56 bits per heavy atom. The fourth-order valence-electron chi connectivity index (χ4n) is 5.28. The number of hydrogen-bond donors (Lipinski definition) is 0. The summed E-state index contributed by atoms with van der Waals surface area (Å²) in [6, 6.07) is 8.95. The highest BCUT2D eigenvalue weighted by atomic mass is 16.3. The van der Waals surface area contributed by atoms with Crippen molar-refractivity contribution in [1.29, 1.82) is 0 Å². The molecule has 1 aliphatic carbocycles. The minimum atomic E-state index is -0.153. The highest BCUT2D eigenvalue weighted by Crippen LogP contribution is 2.35. The molecule has 7 heteroatoms. The third-order valence-corrected chi connectivity index (χ3v) is 7.00. The zero-order valence-electron chi connectivity index (χ0n) is 18.3. The quantitative estimate of drug-likeness (QED) is 0.683. The average molecular weight is 436 g/mol. The lowest BCUT2D eigenvalue weighted by Gasteiger charge is -2.36. The van der Waals surface area contributed by atoms with Gasteiger partial charge in [-0.05, 0) is 37.1 Å². The van der Waals surface area contributed by atoms with Gasteiger partial charge < -0.3 is 14.2 Å². The number of hydrogen-bond acceptors (Lipinski definition) is 5. The molecule has 2 aliphatic heterocycles. The Hall–Kier alpha value is -3.09. The highest BCUT2D eigenvalue weighted by molar-refractivity contribution is 6.24. The summed E-state index contributed by atoms with van der Waals surface area (Å²) < 4.78 is 5.24. The molecule has 1 aromatic heterocycles. The van der Waals surface area contributed by atoms with Crippen LogP contribution in [-0.4, -0.2) is 59.7 Å². The highest BCUT2D eigenvalue weighted by Gasteiger charge is 2.42. The first-order valence-electron chi connectivity index (χ1n) is 11.7. The maximum absolute atomic E-state index is 13.5. The van der Waals surface area contributed by atoms with Crippen LogP contribution in [0.25, 0.3) is 0 Å². The molecule has 168 valence electrons. The van der Waals surface area contributed by atoms with Crippen molar-refractivity contribution in [2.75, 3.05) is 31.1 Å². The van der Waals surface area contributed by atoms with Gasteiger partial charge in [-0.2, -0.15) is 0 Å². The lowest BCUT2D eigenvalue weighted by atomic mass is 9.95. The molecule has 1 saturated heterocycles. The first-order chi connectivity index (χ1) is 15.6. The van der Waals surface area contributed by atoms with E-state index in [-0.39, 0.29) is 23.8 Å².